The lowest BCUT2D eigenvalue weighted by Gasteiger charge is -2.24. The first-order valence-corrected chi connectivity index (χ1v) is 11.9. The predicted octanol–water partition coefficient (Wildman–Crippen LogP) is 4.86. The Bertz CT molecular complexity index is 433. The monoisotopic (exact) mass is 481 g/mol. The molecule has 0 saturated carbocycles. The van der Waals surface area contributed by atoms with E-state index in [1.807, 2.05) is 19.0 Å². The third-order valence-corrected chi connectivity index (χ3v) is 5.55. The lowest BCUT2D eigenvalue weighted by Crippen LogP contribution is -2.36. The zero-order valence-corrected chi connectivity index (χ0v) is 20.7. The minimum Gasteiger partial charge on any atom is -0.465 e. The van der Waals surface area contributed by atoms with Gasteiger partial charge in [-0.2, -0.15) is 12.6 Å². The second-order valence-corrected chi connectivity index (χ2v) is 10.2. The molecule has 7 heteroatoms. The van der Waals surface area contributed by atoms with E-state index in [1.54, 1.807) is 13.8 Å². The molecule has 0 aliphatic carbocycles. The van der Waals surface area contributed by atoms with E-state index in [9.17, 15) is 9.59 Å². The van der Waals surface area contributed by atoms with Crippen molar-refractivity contribution in [3.8, 4) is 0 Å². The molecule has 0 aliphatic heterocycles. The topological polar surface area (TPSA) is 55.8 Å². The molecule has 5 nitrogen and oxygen atoms in total. The van der Waals surface area contributed by atoms with Crippen molar-refractivity contribution >= 4 is 40.5 Å². The molecular formula is C21H40BrNO4S. The molecule has 28 heavy (non-hydrogen) atoms. The first kappa shape index (κ1) is 27.7. The second-order valence-electron chi connectivity index (χ2n) is 7.96. The summed E-state index contributed by atoms with van der Waals surface area (Å²) in [5.41, 5.74) is 0. The van der Waals surface area contributed by atoms with Crippen molar-refractivity contribution in [2.75, 3.05) is 39.6 Å². The summed E-state index contributed by atoms with van der Waals surface area (Å²) in [5.74, 6) is 0.0230. The molecule has 0 spiro atoms. The Hall–Kier alpha value is -0.270. The molecule has 0 bridgehead atoms. The first-order valence-electron chi connectivity index (χ1n) is 10.5. The van der Waals surface area contributed by atoms with Crippen molar-refractivity contribution in [2.45, 2.75) is 76.0 Å². The van der Waals surface area contributed by atoms with E-state index < -0.39 is 4.32 Å². The molecule has 0 radical (unpaired) electrons. The lowest BCUT2D eigenvalue weighted by atomic mass is 9.97. The molecule has 166 valence electrons. The minimum absolute atomic E-state index is 0.251. The molecule has 0 rings (SSSR count). The van der Waals surface area contributed by atoms with Crippen molar-refractivity contribution < 1.29 is 19.1 Å². The Morgan fingerprint density at radius 2 is 1.50 bits per heavy atom. The van der Waals surface area contributed by atoms with Gasteiger partial charge in [-0.3, -0.25) is 9.59 Å². The molecule has 0 aromatic carbocycles. The summed E-state index contributed by atoms with van der Waals surface area (Å²) >= 11 is 7.63. The van der Waals surface area contributed by atoms with Crippen molar-refractivity contribution in [2.24, 2.45) is 5.92 Å². The number of halogens is 1. The number of ether oxygens (including phenoxy) is 2. The van der Waals surface area contributed by atoms with Gasteiger partial charge in [0.2, 0.25) is 0 Å². The van der Waals surface area contributed by atoms with E-state index in [0.717, 1.165) is 18.6 Å². The maximum atomic E-state index is 12.2. The van der Waals surface area contributed by atoms with Gasteiger partial charge in [0.1, 0.15) is 10.9 Å². The Labute approximate surface area is 185 Å². The molecule has 0 aromatic heterocycles. The van der Waals surface area contributed by atoms with Crippen molar-refractivity contribution in [3.05, 3.63) is 0 Å². The van der Waals surface area contributed by atoms with Crippen LogP contribution >= 0.6 is 28.6 Å². The lowest BCUT2D eigenvalue weighted by molar-refractivity contribution is -0.150. The number of hydrogen-bond acceptors (Lipinski definition) is 6. The highest BCUT2D eigenvalue weighted by Gasteiger charge is 2.35. The zero-order chi connectivity index (χ0) is 21.4. The number of likely N-dealkylation sites (N-methyl/N-ethyl adjacent to an activating group) is 1. The maximum absolute atomic E-state index is 12.2. The number of nitrogens with zero attached hydrogens (tertiary/aromatic N) is 1. The van der Waals surface area contributed by atoms with E-state index in [0.29, 0.717) is 26.2 Å². The second kappa shape index (κ2) is 16.5. The van der Waals surface area contributed by atoms with E-state index in [1.165, 1.54) is 38.5 Å². The van der Waals surface area contributed by atoms with Crippen LogP contribution in [0.4, 0.5) is 0 Å². The van der Waals surface area contributed by atoms with Gasteiger partial charge in [-0.05, 0) is 46.0 Å². The molecule has 0 saturated heterocycles. The van der Waals surface area contributed by atoms with Crippen LogP contribution in [0.15, 0.2) is 0 Å². The Kier molecular flexibility index (Phi) is 16.4. The molecule has 2 atom stereocenters. The van der Waals surface area contributed by atoms with E-state index in [-0.39, 0.29) is 17.9 Å². The molecule has 0 N–H and O–H groups in total. The molecule has 0 aliphatic rings. The van der Waals surface area contributed by atoms with E-state index in [2.05, 4.69) is 28.6 Å². The maximum Gasteiger partial charge on any atom is 0.322 e. The number of carbonyl (C=O) groups excluding carboxylic acids is 2. The highest BCUT2D eigenvalue weighted by Crippen LogP contribution is 2.28. The summed E-state index contributed by atoms with van der Waals surface area (Å²) < 4.78 is 9.77. The number of thiol groups is 1. The molecule has 0 heterocycles. The highest BCUT2D eigenvalue weighted by molar-refractivity contribution is 9.10. The van der Waals surface area contributed by atoms with Crippen LogP contribution in [-0.4, -0.2) is 60.8 Å². The van der Waals surface area contributed by atoms with Crippen LogP contribution in [0, 0.1) is 5.92 Å². The van der Waals surface area contributed by atoms with Crippen molar-refractivity contribution in [1.82, 2.24) is 4.90 Å². The summed E-state index contributed by atoms with van der Waals surface area (Å²) in [5, 5.41) is 0. The van der Waals surface area contributed by atoms with Crippen molar-refractivity contribution in [3.63, 3.8) is 0 Å². The van der Waals surface area contributed by atoms with Gasteiger partial charge in [-0.15, -0.1) is 0 Å². The number of hydrogen-bond donors (Lipinski definition) is 1. The average Bonchev–Trinajstić information content (AvgIpc) is 2.62. The van der Waals surface area contributed by atoms with Crippen LogP contribution in [0.3, 0.4) is 0 Å². The molecule has 0 fully saturated rings. The van der Waals surface area contributed by atoms with Crippen LogP contribution in [0.5, 0.6) is 0 Å². The zero-order valence-electron chi connectivity index (χ0n) is 18.2. The highest BCUT2D eigenvalue weighted by atomic mass is 79.9. The summed E-state index contributed by atoms with van der Waals surface area (Å²) in [4.78, 5) is 26.3. The molecular weight excluding hydrogens is 442 g/mol. The van der Waals surface area contributed by atoms with Gasteiger partial charge in [0.15, 0.2) is 0 Å². The fourth-order valence-electron chi connectivity index (χ4n) is 2.80. The van der Waals surface area contributed by atoms with Crippen molar-refractivity contribution in [1.29, 1.82) is 0 Å². The van der Waals surface area contributed by atoms with Gasteiger partial charge in [0, 0.05) is 6.54 Å². The largest absolute Gasteiger partial charge is 0.465 e. The summed E-state index contributed by atoms with van der Waals surface area (Å²) in [6, 6.07) is 0. The predicted molar refractivity (Wildman–Crippen MR) is 122 cm³/mol. The summed E-state index contributed by atoms with van der Waals surface area (Å²) in [7, 11) is 3.84. The minimum atomic E-state index is -0.884. The third-order valence-electron chi connectivity index (χ3n) is 4.59. The SMILES string of the molecule is CC(CC(C)(Br)C(=O)OCCN(C)C)C(=O)OCCCCCCCCCCS. The molecule has 2 unspecified atom stereocenters. The number of esters is 2. The van der Waals surface area contributed by atoms with E-state index in [4.69, 9.17) is 9.47 Å². The standard InChI is InChI=1S/C21H40BrNO4S/c1-18(17-21(2,22)20(25)27-15-13-23(3)4)19(24)26-14-11-9-7-5-6-8-10-12-16-28/h18,28H,5-17H2,1-4H3. The number of rotatable bonds is 17. The molecule has 0 amide bonds. The van der Waals surface area contributed by atoms with Gasteiger partial charge in [-0.25, -0.2) is 0 Å². The van der Waals surface area contributed by atoms with Crippen LogP contribution in [0.2, 0.25) is 0 Å². The van der Waals surface area contributed by atoms with Crippen LogP contribution in [-0.2, 0) is 19.1 Å². The van der Waals surface area contributed by atoms with Crippen LogP contribution < -0.4 is 0 Å². The summed E-state index contributed by atoms with van der Waals surface area (Å²) in [6.07, 6.45) is 9.80. The number of unbranched alkanes of at least 4 members (excludes halogenated alkanes) is 7. The normalized spacial score (nSPS) is 14.5. The number of carbonyl (C=O) groups is 2. The van der Waals surface area contributed by atoms with E-state index >= 15 is 0 Å². The molecule has 0 aromatic rings. The van der Waals surface area contributed by atoms with Gasteiger partial charge >= 0.3 is 11.9 Å². The third kappa shape index (κ3) is 14.7. The van der Waals surface area contributed by atoms with Gasteiger partial charge < -0.3 is 14.4 Å². The van der Waals surface area contributed by atoms with Gasteiger partial charge in [-0.1, -0.05) is 61.4 Å². The Morgan fingerprint density at radius 3 is 2.04 bits per heavy atom. The Morgan fingerprint density at radius 1 is 0.964 bits per heavy atom. The van der Waals surface area contributed by atoms with Crippen LogP contribution in [0.25, 0.3) is 0 Å². The quantitative estimate of drug-likeness (QED) is 0.139. The fourth-order valence-corrected chi connectivity index (χ4v) is 3.63. The number of alkyl halides is 1. The first-order chi connectivity index (χ1) is 13.2. The smallest absolute Gasteiger partial charge is 0.322 e. The van der Waals surface area contributed by atoms with Gasteiger partial charge in [0.25, 0.3) is 0 Å². The fraction of sp³-hybridized carbons (Fsp3) is 0.905. The van der Waals surface area contributed by atoms with Gasteiger partial charge in [0.05, 0.1) is 12.5 Å². The Balaban J connectivity index is 3.88. The average molecular weight is 483 g/mol. The summed E-state index contributed by atoms with van der Waals surface area (Å²) in [6.45, 7) is 4.99. The van der Waals surface area contributed by atoms with Crippen LogP contribution in [0.1, 0.15) is 71.6 Å².